The van der Waals surface area contributed by atoms with Gasteiger partial charge in [0.15, 0.2) is 6.61 Å². The molecule has 3 aromatic rings. The standard InChI is InChI=1S/C21H20FN3O4/c1-13-11-17(14(2)25(13)16-8-6-15(22)7-9-16)21(28)29-12-19(26)23-20(27)18-5-4-10-24(18)3/h4-11H,12H2,1-3H3,(H,23,26,27). The maximum Gasteiger partial charge on any atom is 0.340 e. The fraction of sp³-hybridized carbons (Fsp3) is 0.190. The Morgan fingerprint density at radius 1 is 1.10 bits per heavy atom. The number of ether oxygens (including phenoxy) is 1. The van der Waals surface area contributed by atoms with Crippen molar-refractivity contribution in [3.8, 4) is 5.69 Å². The minimum absolute atomic E-state index is 0.286. The van der Waals surface area contributed by atoms with Crippen LogP contribution in [-0.2, 0) is 16.6 Å². The van der Waals surface area contributed by atoms with Crippen molar-refractivity contribution in [2.24, 2.45) is 7.05 Å². The van der Waals surface area contributed by atoms with Crippen LogP contribution in [0.2, 0.25) is 0 Å². The lowest BCUT2D eigenvalue weighted by molar-refractivity contribution is -0.123. The summed E-state index contributed by atoms with van der Waals surface area (Å²) >= 11 is 0. The topological polar surface area (TPSA) is 82.3 Å². The van der Waals surface area contributed by atoms with E-state index in [0.29, 0.717) is 17.1 Å². The van der Waals surface area contributed by atoms with Gasteiger partial charge in [-0.3, -0.25) is 14.9 Å². The van der Waals surface area contributed by atoms with Crippen LogP contribution in [0.4, 0.5) is 4.39 Å². The average molecular weight is 397 g/mol. The Hall–Kier alpha value is -3.68. The zero-order valence-electron chi connectivity index (χ0n) is 16.2. The van der Waals surface area contributed by atoms with E-state index < -0.39 is 24.4 Å². The van der Waals surface area contributed by atoms with Gasteiger partial charge < -0.3 is 13.9 Å². The number of carbonyl (C=O) groups is 3. The Labute approximate surface area is 166 Å². The number of carbonyl (C=O) groups excluding carboxylic acids is 3. The van der Waals surface area contributed by atoms with Gasteiger partial charge in [0.2, 0.25) is 0 Å². The van der Waals surface area contributed by atoms with Crippen LogP contribution < -0.4 is 5.32 Å². The van der Waals surface area contributed by atoms with Gasteiger partial charge >= 0.3 is 5.97 Å². The van der Waals surface area contributed by atoms with Crippen LogP contribution in [0.1, 0.15) is 32.2 Å². The molecular formula is C21H20FN3O4. The summed E-state index contributed by atoms with van der Waals surface area (Å²) in [7, 11) is 1.68. The highest BCUT2D eigenvalue weighted by atomic mass is 19.1. The normalized spacial score (nSPS) is 10.6. The van der Waals surface area contributed by atoms with E-state index in [1.807, 2.05) is 0 Å². The molecule has 0 saturated heterocycles. The first-order chi connectivity index (χ1) is 13.8. The Morgan fingerprint density at radius 3 is 2.41 bits per heavy atom. The molecule has 2 heterocycles. The predicted octanol–water partition coefficient (Wildman–Crippen LogP) is 2.69. The molecule has 1 aromatic carbocycles. The summed E-state index contributed by atoms with van der Waals surface area (Å²) in [4.78, 5) is 36.4. The van der Waals surface area contributed by atoms with Crippen molar-refractivity contribution in [2.75, 3.05) is 6.61 Å². The zero-order chi connectivity index (χ0) is 21.1. The highest BCUT2D eigenvalue weighted by Gasteiger charge is 2.20. The molecule has 1 N–H and O–H groups in total. The summed E-state index contributed by atoms with van der Waals surface area (Å²) in [5.74, 6) is -2.34. The van der Waals surface area contributed by atoms with E-state index in [1.165, 1.54) is 12.1 Å². The second-order valence-corrected chi connectivity index (χ2v) is 6.55. The summed E-state index contributed by atoms with van der Waals surface area (Å²) in [6.45, 7) is 2.94. The predicted molar refractivity (Wildman–Crippen MR) is 103 cm³/mol. The first-order valence-corrected chi connectivity index (χ1v) is 8.85. The molecule has 0 spiro atoms. The van der Waals surface area contributed by atoms with Gasteiger partial charge in [0.25, 0.3) is 11.8 Å². The Bertz CT molecular complexity index is 1080. The minimum atomic E-state index is -0.725. The van der Waals surface area contributed by atoms with Crippen LogP contribution in [0.25, 0.3) is 5.69 Å². The second kappa shape index (κ2) is 8.14. The van der Waals surface area contributed by atoms with Crippen molar-refractivity contribution in [1.29, 1.82) is 0 Å². The third kappa shape index (κ3) is 4.26. The number of nitrogens with zero attached hydrogens (tertiary/aromatic N) is 2. The van der Waals surface area contributed by atoms with Gasteiger partial charge in [0.1, 0.15) is 11.5 Å². The molecule has 0 aliphatic carbocycles. The number of nitrogens with one attached hydrogen (secondary N) is 1. The summed E-state index contributed by atoms with van der Waals surface area (Å²) in [5, 5.41) is 2.18. The van der Waals surface area contributed by atoms with E-state index in [1.54, 1.807) is 66.6 Å². The summed E-state index contributed by atoms with van der Waals surface area (Å²) < 4.78 is 21.6. The average Bonchev–Trinajstić information content (AvgIpc) is 3.23. The molecule has 8 heteroatoms. The second-order valence-electron chi connectivity index (χ2n) is 6.55. The van der Waals surface area contributed by atoms with Crippen molar-refractivity contribution in [3.63, 3.8) is 0 Å². The van der Waals surface area contributed by atoms with Crippen LogP contribution >= 0.6 is 0 Å². The number of hydrogen-bond donors (Lipinski definition) is 1. The number of imide groups is 1. The van der Waals surface area contributed by atoms with Crippen LogP contribution in [0.15, 0.2) is 48.7 Å². The maximum absolute atomic E-state index is 13.2. The summed E-state index contributed by atoms with van der Waals surface area (Å²) in [6, 6.07) is 10.8. The number of amides is 2. The number of rotatable bonds is 5. The van der Waals surface area contributed by atoms with Gasteiger partial charge in [-0.25, -0.2) is 9.18 Å². The fourth-order valence-electron chi connectivity index (χ4n) is 3.09. The number of hydrogen-bond acceptors (Lipinski definition) is 4. The van der Waals surface area contributed by atoms with Gasteiger partial charge in [0.05, 0.1) is 5.56 Å². The highest BCUT2D eigenvalue weighted by Crippen LogP contribution is 2.21. The van der Waals surface area contributed by atoms with Gasteiger partial charge in [-0.05, 0) is 56.3 Å². The first kappa shape index (κ1) is 20.1. The third-order valence-electron chi connectivity index (χ3n) is 4.50. The Balaban J connectivity index is 1.66. The van der Waals surface area contributed by atoms with Crippen molar-refractivity contribution in [1.82, 2.24) is 14.5 Å². The van der Waals surface area contributed by atoms with Crippen LogP contribution in [0, 0.1) is 19.7 Å². The van der Waals surface area contributed by atoms with Crippen molar-refractivity contribution in [3.05, 3.63) is 77.1 Å². The molecule has 2 aromatic heterocycles. The van der Waals surface area contributed by atoms with E-state index in [2.05, 4.69) is 5.32 Å². The van der Waals surface area contributed by atoms with Gasteiger partial charge in [-0.2, -0.15) is 0 Å². The lowest BCUT2D eigenvalue weighted by Crippen LogP contribution is -2.35. The Kier molecular flexibility index (Phi) is 5.63. The van der Waals surface area contributed by atoms with E-state index in [4.69, 9.17) is 4.74 Å². The quantitative estimate of drug-likeness (QED) is 0.671. The third-order valence-corrected chi connectivity index (χ3v) is 4.50. The van der Waals surface area contributed by atoms with Crippen LogP contribution in [-0.4, -0.2) is 33.5 Å². The SMILES string of the molecule is Cc1cc(C(=O)OCC(=O)NC(=O)c2cccn2C)c(C)n1-c1ccc(F)cc1. The fourth-order valence-corrected chi connectivity index (χ4v) is 3.09. The smallest absolute Gasteiger partial charge is 0.340 e. The molecule has 3 rings (SSSR count). The number of aromatic nitrogens is 2. The van der Waals surface area contributed by atoms with E-state index in [0.717, 1.165) is 5.69 Å². The van der Waals surface area contributed by atoms with E-state index >= 15 is 0 Å². The summed E-state index contributed by atoms with van der Waals surface area (Å²) in [6.07, 6.45) is 1.68. The molecule has 0 bridgehead atoms. The molecule has 0 atom stereocenters. The van der Waals surface area contributed by atoms with Crippen molar-refractivity contribution < 1.29 is 23.5 Å². The number of aryl methyl sites for hydroxylation is 2. The highest BCUT2D eigenvalue weighted by molar-refractivity contribution is 6.04. The lowest BCUT2D eigenvalue weighted by atomic mass is 10.2. The molecule has 0 fully saturated rings. The lowest BCUT2D eigenvalue weighted by Gasteiger charge is -2.10. The van der Waals surface area contributed by atoms with Crippen LogP contribution in [0.3, 0.4) is 0 Å². The zero-order valence-corrected chi connectivity index (χ0v) is 16.2. The van der Waals surface area contributed by atoms with E-state index in [-0.39, 0.29) is 11.4 Å². The van der Waals surface area contributed by atoms with E-state index in [9.17, 15) is 18.8 Å². The van der Waals surface area contributed by atoms with Crippen molar-refractivity contribution >= 4 is 17.8 Å². The molecule has 2 amide bonds. The monoisotopic (exact) mass is 397 g/mol. The van der Waals surface area contributed by atoms with Crippen LogP contribution in [0.5, 0.6) is 0 Å². The maximum atomic E-state index is 13.2. The molecule has 0 aliphatic heterocycles. The molecule has 7 nitrogen and oxygen atoms in total. The van der Waals surface area contributed by atoms with Gasteiger partial charge in [-0.1, -0.05) is 0 Å². The summed E-state index contributed by atoms with van der Waals surface area (Å²) in [5.41, 5.74) is 2.65. The molecule has 0 aliphatic rings. The number of halogens is 1. The molecule has 0 saturated carbocycles. The van der Waals surface area contributed by atoms with Gasteiger partial charge in [0, 0.05) is 30.3 Å². The first-order valence-electron chi connectivity index (χ1n) is 8.85. The Morgan fingerprint density at radius 2 is 1.79 bits per heavy atom. The molecule has 0 radical (unpaired) electrons. The molecular weight excluding hydrogens is 377 g/mol. The minimum Gasteiger partial charge on any atom is -0.452 e. The van der Waals surface area contributed by atoms with Gasteiger partial charge in [-0.15, -0.1) is 0 Å². The molecule has 0 unspecified atom stereocenters. The number of esters is 1. The number of benzene rings is 1. The molecule has 150 valence electrons. The largest absolute Gasteiger partial charge is 0.452 e. The van der Waals surface area contributed by atoms with Crippen molar-refractivity contribution in [2.45, 2.75) is 13.8 Å². The molecule has 29 heavy (non-hydrogen) atoms.